The molecule has 0 aliphatic carbocycles. The van der Waals surface area contributed by atoms with Crippen molar-refractivity contribution in [1.29, 1.82) is 0 Å². The molecular weight excluding hydrogens is 172 g/mol. The van der Waals surface area contributed by atoms with Crippen LogP contribution in [0.3, 0.4) is 0 Å². The Morgan fingerprint density at radius 2 is 2.14 bits per heavy atom. The van der Waals surface area contributed by atoms with Crippen LogP contribution in [-0.2, 0) is 0 Å². The molecule has 1 aliphatic heterocycles. The number of hydrogen-bond donors (Lipinski definition) is 0. The van der Waals surface area contributed by atoms with Crippen molar-refractivity contribution in [2.75, 3.05) is 0 Å². The third-order valence-electron chi connectivity index (χ3n) is 1.95. The van der Waals surface area contributed by atoms with Crippen LogP contribution in [-0.4, -0.2) is 11.2 Å². The van der Waals surface area contributed by atoms with E-state index in [1.165, 1.54) is 0 Å². The van der Waals surface area contributed by atoms with Crippen LogP contribution in [0, 0.1) is 17.8 Å². The fraction of sp³-hybridized carbons (Fsp3) is 0.167. The number of aromatic nitrogens is 1. The summed E-state index contributed by atoms with van der Waals surface area (Å²) in [6.45, 7) is 0. The molecule has 1 unspecified atom stereocenters. The van der Waals surface area contributed by atoms with E-state index in [1.54, 1.807) is 18.6 Å². The van der Waals surface area contributed by atoms with Gasteiger partial charge in [-0.25, -0.2) is 0 Å². The fourth-order valence-electron chi connectivity index (χ4n) is 1.19. The Morgan fingerprint density at radius 3 is 2.86 bits per heavy atom. The number of allylic oxidation sites excluding steroid dienone is 1. The fourth-order valence-corrected chi connectivity index (χ4v) is 1.19. The van der Waals surface area contributed by atoms with E-state index in [1.807, 2.05) is 24.4 Å². The Labute approximate surface area is 83.4 Å². The van der Waals surface area contributed by atoms with Gasteiger partial charge in [-0.1, -0.05) is 17.9 Å². The molecule has 2 heterocycles. The van der Waals surface area contributed by atoms with Gasteiger partial charge in [0.2, 0.25) is 0 Å². The highest BCUT2D eigenvalue weighted by Gasteiger charge is 1.99. The van der Waals surface area contributed by atoms with Crippen LogP contribution >= 0.6 is 0 Å². The second kappa shape index (κ2) is 4.38. The first-order valence-corrected chi connectivity index (χ1v) is 4.55. The summed E-state index contributed by atoms with van der Waals surface area (Å²) in [6, 6.07) is 3.82. The zero-order valence-corrected chi connectivity index (χ0v) is 7.72. The monoisotopic (exact) mass is 182 g/mol. The molecule has 1 aromatic heterocycles. The molecule has 0 bridgehead atoms. The van der Waals surface area contributed by atoms with E-state index < -0.39 is 0 Å². The minimum absolute atomic E-state index is 0.306. The standard InChI is InChI=1S/C12H10N2/c1(11-3-7-13-8-4-11)2-12-5-9-14-10-6-12/h3-5,7-10,12H,6H2. The first-order valence-electron chi connectivity index (χ1n) is 4.55. The number of nitrogens with zero attached hydrogens (tertiary/aromatic N) is 2. The SMILES string of the molecule is C(#CC1C=CN=CC1)c1ccncc1. The third kappa shape index (κ3) is 2.30. The Morgan fingerprint density at radius 1 is 1.29 bits per heavy atom. The van der Waals surface area contributed by atoms with Gasteiger partial charge >= 0.3 is 0 Å². The van der Waals surface area contributed by atoms with Crippen LogP contribution in [0.25, 0.3) is 0 Å². The first kappa shape index (κ1) is 8.71. The summed E-state index contributed by atoms with van der Waals surface area (Å²) in [4.78, 5) is 7.94. The molecule has 2 heteroatoms. The molecule has 0 aromatic carbocycles. The third-order valence-corrected chi connectivity index (χ3v) is 1.95. The molecule has 2 rings (SSSR count). The molecule has 0 saturated heterocycles. The maximum Gasteiger partial charge on any atom is 0.0453 e. The van der Waals surface area contributed by atoms with Crippen molar-refractivity contribution in [2.45, 2.75) is 6.42 Å². The zero-order chi connectivity index (χ0) is 9.64. The normalized spacial score (nSPS) is 18.7. The predicted octanol–water partition coefficient (Wildman–Crippen LogP) is 2.04. The van der Waals surface area contributed by atoms with Gasteiger partial charge in [-0.05, 0) is 12.1 Å². The van der Waals surface area contributed by atoms with Gasteiger partial charge in [-0.2, -0.15) is 0 Å². The quantitative estimate of drug-likeness (QED) is 0.563. The number of aliphatic imine (C=N–C) groups is 1. The van der Waals surface area contributed by atoms with E-state index in [2.05, 4.69) is 21.8 Å². The van der Waals surface area contributed by atoms with Gasteiger partial charge in [0.15, 0.2) is 0 Å². The molecule has 0 amide bonds. The van der Waals surface area contributed by atoms with Crippen LogP contribution in [0.4, 0.5) is 0 Å². The summed E-state index contributed by atoms with van der Waals surface area (Å²) in [5.41, 5.74) is 1.01. The molecule has 0 saturated carbocycles. The van der Waals surface area contributed by atoms with Gasteiger partial charge < -0.3 is 0 Å². The second-order valence-corrected chi connectivity index (χ2v) is 3.02. The molecule has 1 aliphatic rings. The summed E-state index contributed by atoms with van der Waals surface area (Å²) in [5, 5.41) is 0. The lowest BCUT2D eigenvalue weighted by Gasteiger charge is -2.02. The summed E-state index contributed by atoms with van der Waals surface area (Å²) in [6.07, 6.45) is 10.1. The molecule has 1 atom stereocenters. The lowest BCUT2D eigenvalue weighted by molar-refractivity contribution is 0.889. The second-order valence-electron chi connectivity index (χ2n) is 3.02. The average molecular weight is 182 g/mol. The molecule has 14 heavy (non-hydrogen) atoms. The van der Waals surface area contributed by atoms with Gasteiger partial charge in [-0.3, -0.25) is 9.98 Å². The highest BCUT2D eigenvalue weighted by Crippen LogP contribution is 2.06. The van der Waals surface area contributed by atoms with Gasteiger partial charge in [-0.15, -0.1) is 0 Å². The van der Waals surface area contributed by atoms with Gasteiger partial charge in [0.1, 0.15) is 0 Å². The maximum absolute atomic E-state index is 4.00. The van der Waals surface area contributed by atoms with E-state index in [0.29, 0.717) is 5.92 Å². The van der Waals surface area contributed by atoms with Crippen LogP contribution < -0.4 is 0 Å². The van der Waals surface area contributed by atoms with Gasteiger partial charge in [0.05, 0.1) is 0 Å². The van der Waals surface area contributed by atoms with Crippen molar-refractivity contribution in [3.63, 3.8) is 0 Å². The van der Waals surface area contributed by atoms with Crippen molar-refractivity contribution in [3.05, 3.63) is 42.4 Å². The highest BCUT2D eigenvalue weighted by molar-refractivity contribution is 5.61. The highest BCUT2D eigenvalue weighted by atomic mass is 14.7. The van der Waals surface area contributed by atoms with Crippen LogP contribution in [0.15, 0.2) is 41.8 Å². The molecule has 1 aromatic rings. The lowest BCUT2D eigenvalue weighted by atomic mass is 10.1. The van der Waals surface area contributed by atoms with E-state index in [0.717, 1.165) is 12.0 Å². The Hall–Kier alpha value is -1.88. The molecule has 0 N–H and O–H groups in total. The molecule has 68 valence electrons. The summed E-state index contributed by atoms with van der Waals surface area (Å²) in [7, 11) is 0. The Kier molecular flexibility index (Phi) is 2.73. The van der Waals surface area contributed by atoms with E-state index in [-0.39, 0.29) is 0 Å². The zero-order valence-electron chi connectivity index (χ0n) is 7.72. The van der Waals surface area contributed by atoms with Crippen LogP contribution in [0.1, 0.15) is 12.0 Å². The van der Waals surface area contributed by atoms with Crippen LogP contribution in [0.2, 0.25) is 0 Å². The minimum atomic E-state index is 0.306. The molecule has 0 spiro atoms. The molecule has 0 fully saturated rings. The lowest BCUT2D eigenvalue weighted by Crippen LogP contribution is -1.96. The number of rotatable bonds is 0. The maximum atomic E-state index is 4.00. The van der Waals surface area contributed by atoms with Crippen molar-refractivity contribution in [2.24, 2.45) is 10.9 Å². The first-order chi connectivity index (χ1) is 6.95. The van der Waals surface area contributed by atoms with Gasteiger partial charge in [0, 0.05) is 42.7 Å². The van der Waals surface area contributed by atoms with E-state index in [9.17, 15) is 0 Å². The smallest absolute Gasteiger partial charge is 0.0453 e. The predicted molar refractivity (Wildman–Crippen MR) is 56.9 cm³/mol. The Balaban J connectivity index is 2.07. The summed E-state index contributed by atoms with van der Waals surface area (Å²) < 4.78 is 0. The molecule has 2 nitrogen and oxygen atoms in total. The van der Waals surface area contributed by atoms with Crippen molar-refractivity contribution in [1.82, 2.24) is 4.98 Å². The molecule has 0 radical (unpaired) electrons. The summed E-state index contributed by atoms with van der Waals surface area (Å²) >= 11 is 0. The number of hydrogen-bond acceptors (Lipinski definition) is 2. The topological polar surface area (TPSA) is 25.2 Å². The van der Waals surface area contributed by atoms with E-state index >= 15 is 0 Å². The van der Waals surface area contributed by atoms with Crippen molar-refractivity contribution >= 4 is 6.21 Å². The molecular formula is C12H10N2. The number of pyridine rings is 1. The average Bonchev–Trinajstić information content (AvgIpc) is 2.29. The summed E-state index contributed by atoms with van der Waals surface area (Å²) in [5.74, 6) is 6.60. The van der Waals surface area contributed by atoms with Crippen molar-refractivity contribution < 1.29 is 0 Å². The largest absolute Gasteiger partial charge is 0.269 e. The van der Waals surface area contributed by atoms with Crippen LogP contribution in [0.5, 0.6) is 0 Å². The van der Waals surface area contributed by atoms with Gasteiger partial charge in [0.25, 0.3) is 0 Å². The Bertz CT molecular complexity index is 407. The minimum Gasteiger partial charge on any atom is -0.269 e. The van der Waals surface area contributed by atoms with Crippen molar-refractivity contribution in [3.8, 4) is 11.8 Å². The van der Waals surface area contributed by atoms with E-state index in [4.69, 9.17) is 0 Å².